The van der Waals surface area contributed by atoms with Crippen molar-refractivity contribution in [2.45, 2.75) is 25.4 Å². The molecule has 1 aromatic rings. The Morgan fingerprint density at radius 2 is 2.29 bits per heavy atom. The van der Waals surface area contributed by atoms with E-state index >= 15 is 0 Å². The van der Waals surface area contributed by atoms with Gasteiger partial charge in [0.15, 0.2) is 0 Å². The molecule has 2 aliphatic rings. The van der Waals surface area contributed by atoms with Crippen molar-refractivity contribution in [3.63, 3.8) is 0 Å². The highest BCUT2D eigenvalue weighted by atomic mass is 79.9. The molecule has 1 aromatic heterocycles. The predicted molar refractivity (Wildman–Crippen MR) is 83.4 cm³/mol. The van der Waals surface area contributed by atoms with Crippen molar-refractivity contribution in [2.75, 3.05) is 19.6 Å². The largest absolute Gasteiger partial charge is 0.460 e. The van der Waals surface area contributed by atoms with E-state index in [1.54, 1.807) is 11.4 Å². The standard InChI is InChI=1S/C14H17BrN2O3S/c15-11-5-9(8-21-11)12(18)17-7-10-6-14(13(19)20-10)1-3-16-4-2-14/h5,8,10,16H,1-4,6-7H2,(H,17,18). The molecule has 2 N–H and O–H groups in total. The molecule has 2 fully saturated rings. The maximum absolute atomic E-state index is 12.1. The van der Waals surface area contributed by atoms with Gasteiger partial charge in [-0.15, -0.1) is 11.3 Å². The number of carbonyl (C=O) groups excluding carboxylic acids is 2. The highest BCUT2D eigenvalue weighted by molar-refractivity contribution is 9.11. The van der Waals surface area contributed by atoms with Crippen LogP contribution in [0.25, 0.3) is 0 Å². The molecule has 2 aliphatic heterocycles. The first-order chi connectivity index (χ1) is 10.1. The zero-order chi connectivity index (χ0) is 14.9. The average molecular weight is 373 g/mol. The van der Waals surface area contributed by atoms with Gasteiger partial charge in [0.1, 0.15) is 6.10 Å². The van der Waals surface area contributed by atoms with E-state index in [4.69, 9.17) is 4.74 Å². The highest BCUT2D eigenvalue weighted by Gasteiger charge is 2.49. The lowest BCUT2D eigenvalue weighted by Gasteiger charge is -2.29. The van der Waals surface area contributed by atoms with Gasteiger partial charge in [-0.25, -0.2) is 0 Å². The van der Waals surface area contributed by atoms with E-state index in [2.05, 4.69) is 26.6 Å². The molecule has 7 heteroatoms. The Hall–Kier alpha value is -0.920. The molecular formula is C14H17BrN2O3S. The highest BCUT2D eigenvalue weighted by Crippen LogP contribution is 2.41. The molecule has 2 saturated heterocycles. The van der Waals surface area contributed by atoms with E-state index in [-0.39, 0.29) is 23.4 Å². The number of hydrogen-bond donors (Lipinski definition) is 2. The summed E-state index contributed by atoms with van der Waals surface area (Å²) in [5, 5.41) is 7.92. The summed E-state index contributed by atoms with van der Waals surface area (Å²) >= 11 is 4.81. The Kier molecular flexibility index (Phi) is 4.33. The van der Waals surface area contributed by atoms with E-state index < -0.39 is 0 Å². The van der Waals surface area contributed by atoms with Gasteiger partial charge in [0.25, 0.3) is 5.91 Å². The van der Waals surface area contributed by atoms with Crippen molar-refractivity contribution in [3.05, 3.63) is 20.8 Å². The lowest BCUT2D eigenvalue weighted by Crippen LogP contribution is -2.39. The first-order valence-corrected chi connectivity index (χ1v) is 8.70. The van der Waals surface area contributed by atoms with Gasteiger partial charge in [0, 0.05) is 11.8 Å². The SMILES string of the molecule is O=C(NCC1CC2(CCNCC2)C(=O)O1)c1csc(Br)c1. The number of esters is 1. The third-order valence-electron chi connectivity index (χ3n) is 4.21. The molecule has 1 spiro atoms. The average Bonchev–Trinajstić information content (AvgIpc) is 3.03. The molecular weight excluding hydrogens is 356 g/mol. The lowest BCUT2D eigenvalue weighted by molar-refractivity contribution is -0.149. The number of piperidine rings is 1. The molecule has 0 aromatic carbocycles. The van der Waals surface area contributed by atoms with Crippen molar-refractivity contribution in [3.8, 4) is 0 Å². The van der Waals surface area contributed by atoms with Gasteiger partial charge >= 0.3 is 5.97 Å². The van der Waals surface area contributed by atoms with Crippen LogP contribution in [0.2, 0.25) is 0 Å². The summed E-state index contributed by atoms with van der Waals surface area (Å²) in [4.78, 5) is 24.1. The number of amides is 1. The number of thiophene rings is 1. The van der Waals surface area contributed by atoms with E-state index in [0.717, 1.165) is 29.7 Å². The molecule has 0 bridgehead atoms. The fourth-order valence-electron chi connectivity index (χ4n) is 3.00. The third kappa shape index (κ3) is 3.14. The smallest absolute Gasteiger partial charge is 0.312 e. The second-order valence-electron chi connectivity index (χ2n) is 5.61. The van der Waals surface area contributed by atoms with E-state index in [9.17, 15) is 9.59 Å². The van der Waals surface area contributed by atoms with Gasteiger partial charge in [-0.2, -0.15) is 0 Å². The van der Waals surface area contributed by atoms with Crippen LogP contribution < -0.4 is 10.6 Å². The van der Waals surface area contributed by atoms with Crippen molar-refractivity contribution >= 4 is 39.1 Å². The van der Waals surface area contributed by atoms with Gasteiger partial charge in [-0.05, 0) is 47.9 Å². The van der Waals surface area contributed by atoms with Gasteiger partial charge in [-0.3, -0.25) is 9.59 Å². The second kappa shape index (κ2) is 6.06. The van der Waals surface area contributed by atoms with Crippen LogP contribution in [0.5, 0.6) is 0 Å². The molecule has 3 heterocycles. The monoisotopic (exact) mass is 372 g/mol. The summed E-state index contributed by atoms with van der Waals surface area (Å²) in [5.41, 5.74) is 0.305. The maximum Gasteiger partial charge on any atom is 0.312 e. The topological polar surface area (TPSA) is 67.4 Å². The number of halogens is 1. The molecule has 1 amide bonds. The molecule has 3 rings (SSSR count). The molecule has 5 nitrogen and oxygen atoms in total. The maximum atomic E-state index is 12.1. The summed E-state index contributed by atoms with van der Waals surface area (Å²) in [7, 11) is 0. The summed E-state index contributed by atoms with van der Waals surface area (Å²) in [6.45, 7) is 2.10. The Bertz CT molecular complexity index is 554. The number of ether oxygens (including phenoxy) is 1. The van der Waals surface area contributed by atoms with Crippen LogP contribution in [0, 0.1) is 5.41 Å². The van der Waals surface area contributed by atoms with Gasteiger partial charge < -0.3 is 15.4 Å². The van der Waals surface area contributed by atoms with Gasteiger partial charge in [0.05, 0.1) is 21.3 Å². The zero-order valence-electron chi connectivity index (χ0n) is 11.5. The second-order valence-corrected chi connectivity index (χ2v) is 7.90. The van der Waals surface area contributed by atoms with Crippen molar-refractivity contribution in [2.24, 2.45) is 5.41 Å². The minimum Gasteiger partial charge on any atom is -0.460 e. The third-order valence-corrected chi connectivity index (χ3v) is 5.71. The minimum atomic E-state index is -0.327. The van der Waals surface area contributed by atoms with E-state index in [0.29, 0.717) is 18.5 Å². The first kappa shape index (κ1) is 15.0. The number of carbonyl (C=O) groups is 2. The van der Waals surface area contributed by atoms with E-state index in [1.807, 2.05) is 0 Å². The summed E-state index contributed by atoms with van der Waals surface area (Å²) in [6.07, 6.45) is 2.16. The van der Waals surface area contributed by atoms with Crippen LogP contribution in [0.15, 0.2) is 15.2 Å². The Morgan fingerprint density at radius 3 is 2.95 bits per heavy atom. The van der Waals surface area contributed by atoms with Crippen LogP contribution in [0.1, 0.15) is 29.6 Å². The zero-order valence-corrected chi connectivity index (χ0v) is 13.9. The number of hydrogen-bond acceptors (Lipinski definition) is 5. The van der Waals surface area contributed by atoms with E-state index in [1.165, 1.54) is 11.3 Å². The number of rotatable bonds is 3. The fourth-order valence-corrected chi connectivity index (χ4v) is 4.14. The van der Waals surface area contributed by atoms with Crippen LogP contribution in [-0.2, 0) is 9.53 Å². The van der Waals surface area contributed by atoms with Gasteiger partial charge in [-0.1, -0.05) is 0 Å². The number of cyclic esters (lactones) is 1. The Labute approximate surface area is 135 Å². The summed E-state index contributed by atoms with van der Waals surface area (Å²) in [6, 6.07) is 1.79. The molecule has 21 heavy (non-hydrogen) atoms. The predicted octanol–water partition coefficient (Wildman–Crippen LogP) is 1.93. The molecule has 0 saturated carbocycles. The normalized spacial score (nSPS) is 24.0. The summed E-state index contributed by atoms with van der Waals surface area (Å²) in [5.74, 6) is -0.221. The summed E-state index contributed by atoms with van der Waals surface area (Å²) < 4.78 is 6.38. The minimum absolute atomic E-state index is 0.0958. The van der Waals surface area contributed by atoms with Crippen LogP contribution in [0.4, 0.5) is 0 Å². The van der Waals surface area contributed by atoms with Crippen molar-refractivity contribution < 1.29 is 14.3 Å². The first-order valence-electron chi connectivity index (χ1n) is 7.03. The Balaban J connectivity index is 1.55. The molecule has 0 aliphatic carbocycles. The fraction of sp³-hybridized carbons (Fsp3) is 0.571. The molecule has 114 valence electrons. The molecule has 1 unspecified atom stereocenters. The molecule has 0 radical (unpaired) electrons. The van der Waals surface area contributed by atoms with Crippen LogP contribution in [-0.4, -0.2) is 37.6 Å². The Morgan fingerprint density at radius 1 is 1.52 bits per heavy atom. The number of nitrogens with one attached hydrogen (secondary N) is 2. The van der Waals surface area contributed by atoms with Crippen molar-refractivity contribution in [1.82, 2.24) is 10.6 Å². The molecule has 1 atom stereocenters. The quantitative estimate of drug-likeness (QED) is 0.795. The van der Waals surface area contributed by atoms with Crippen LogP contribution in [0.3, 0.4) is 0 Å². The lowest BCUT2D eigenvalue weighted by atomic mass is 9.76. The van der Waals surface area contributed by atoms with Crippen LogP contribution >= 0.6 is 27.3 Å². The van der Waals surface area contributed by atoms with Gasteiger partial charge in [0.2, 0.25) is 0 Å². The van der Waals surface area contributed by atoms with Crippen molar-refractivity contribution in [1.29, 1.82) is 0 Å².